The van der Waals surface area contributed by atoms with Crippen molar-refractivity contribution in [3.63, 3.8) is 0 Å². The summed E-state index contributed by atoms with van der Waals surface area (Å²) < 4.78 is 22.9. The summed E-state index contributed by atoms with van der Waals surface area (Å²) in [5.41, 5.74) is -2.06. The number of unbranched alkanes of at least 4 members (excludes halogenated alkanes) is 3. The van der Waals surface area contributed by atoms with E-state index in [0.717, 1.165) is 25.7 Å². The second-order valence-corrected chi connectivity index (χ2v) is 12.4. The van der Waals surface area contributed by atoms with Crippen molar-refractivity contribution < 1.29 is 53.7 Å². The monoisotopic (exact) mass is 632 g/mol. The molecule has 45 heavy (non-hydrogen) atoms. The molecule has 1 saturated heterocycles. The van der Waals surface area contributed by atoms with E-state index in [1.165, 1.54) is 32.1 Å². The fourth-order valence-corrected chi connectivity index (χ4v) is 7.22. The molecule has 1 saturated carbocycles. The molecule has 2 aliphatic carbocycles. The van der Waals surface area contributed by atoms with Gasteiger partial charge in [-0.3, -0.25) is 19.6 Å². The van der Waals surface area contributed by atoms with Crippen molar-refractivity contribution >= 4 is 17.9 Å². The number of hydrogen-bond donors (Lipinski definition) is 3. The van der Waals surface area contributed by atoms with Crippen molar-refractivity contribution in [1.82, 2.24) is 0 Å². The minimum Gasteiger partial charge on any atom is -0.455 e. The minimum atomic E-state index is -1.62. The van der Waals surface area contributed by atoms with Crippen LogP contribution in [-0.2, 0) is 38.2 Å². The van der Waals surface area contributed by atoms with E-state index in [2.05, 4.69) is 20.1 Å². The van der Waals surface area contributed by atoms with Crippen molar-refractivity contribution in [2.75, 3.05) is 0 Å². The molecule has 1 heterocycles. The van der Waals surface area contributed by atoms with Crippen LogP contribution in [0.3, 0.4) is 0 Å². The summed E-state index contributed by atoms with van der Waals surface area (Å²) in [7, 11) is 0. The second kappa shape index (κ2) is 15.5. The van der Waals surface area contributed by atoms with Gasteiger partial charge in [0, 0.05) is 25.5 Å². The zero-order valence-electron chi connectivity index (χ0n) is 26.8. The first-order valence-electron chi connectivity index (χ1n) is 15.5. The molecule has 3 rings (SSSR count). The average molecular weight is 633 g/mol. The molecule has 0 unspecified atom stereocenters. The molecule has 0 aromatic carbocycles. The molecule has 2 fully saturated rings. The standard InChI is InChI=1S/C34H48O11/c1-8-10-11-12-13-14-15-16-28(37)43-24-17-25-31(41-22(5)35)44-32(42-23(6)36)34(25)27(18-24)33(7,21(4)29(38)30(34)39)19-26(45-40)20(3)9-2/h9,13-17,21,24,26-27,29-32,38-40H,2-3,8,10-12,18-19H2,1,4-7H3/b14-13+,16-15-/t21-,24+,26-,27+,29-,30-,31+,32-,33-,34-/m1/s1. The smallest absolute Gasteiger partial charge is 0.331 e. The average Bonchev–Trinajstić information content (AvgIpc) is 3.28. The summed E-state index contributed by atoms with van der Waals surface area (Å²) in [6, 6.07) is 0. The molecule has 10 atom stereocenters. The van der Waals surface area contributed by atoms with Crippen molar-refractivity contribution in [1.29, 1.82) is 0 Å². The third-order valence-corrected chi connectivity index (χ3v) is 9.66. The maximum absolute atomic E-state index is 12.9. The highest BCUT2D eigenvalue weighted by Crippen LogP contribution is 2.67. The summed E-state index contributed by atoms with van der Waals surface area (Å²) in [4.78, 5) is 42.2. The van der Waals surface area contributed by atoms with Crippen LogP contribution >= 0.6 is 0 Å². The number of rotatable bonds is 14. The third-order valence-electron chi connectivity index (χ3n) is 9.66. The normalized spacial score (nSPS) is 34.8. The predicted octanol–water partition coefficient (Wildman–Crippen LogP) is 4.70. The molecule has 11 heteroatoms. The zero-order valence-corrected chi connectivity index (χ0v) is 26.8. The Bertz CT molecular complexity index is 1200. The zero-order chi connectivity index (χ0) is 33.5. The third kappa shape index (κ3) is 7.49. The van der Waals surface area contributed by atoms with E-state index in [4.69, 9.17) is 23.8 Å². The maximum atomic E-state index is 12.9. The van der Waals surface area contributed by atoms with Crippen LogP contribution < -0.4 is 0 Å². The van der Waals surface area contributed by atoms with Crippen LogP contribution in [0, 0.1) is 22.7 Å². The van der Waals surface area contributed by atoms with Gasteiger partial charge in [-0.25, -0.2) is 9.68 Å². The van der Waals surface area contributed by atoms with Gasteiger partial charge < -0.3 is 24.4 Å². The number of hydrogen-bond acceptors (Lipinski definition) is 11. The van der Waals surface area contributed by atoms with Gasteiger partial charge in [0.15, 0.2) is 0 Å². The molecule has 250 valence electrons. The van der Waals surface area contributed by atoms with Gasteiger partial charge in [0.1, 0.15) is 12.2 Å². The fourth-order valence-electron chi connectivity index (χ4n) is 7.22. The number of esters is 3. The van der Waals surface area contributed by atoms with Gasteiger partial charge >= 0.3 is 17.9 Å². The Hall–Kier alpha value is -3.09. The SMILES string of the molecule is C=CC(=C)[C@@H](C[C@]1(C)[C@H](C)[C@@H](O)[C@@H](O)[C@@]23C(=C[C@H](OC(=O)/C=C\C=C\CCCCC)C[C@@H]12)[C@@H](OC(C)=O)O[C@H]3OC(C)=O)OO. The lowest BCUT2D eigenvalue weighted by molar-refractivity contribution is -0.297. The minimum absolute atomic E-state index is 0.0768. The Labute approximate surface area is 265 Å². The first-order valence-corrected chi connectivity index (χ1v) is 15.5. The number of allylic oxidation sites excluding steroid dienone is 3. The van der Waals surface area contributed by atoms with Crippen LogP contribution in [-0.4, -0.2) is 70.4 Å². The Morgan fingerprint density at radius 2 is 1.82 bits per heavy atom. The molecule has 11 nitrogen and oxygen atoms in total. The van der Waals surface area contributed by atoms with Gasteiger partial charge in [-0.05, 0) is 54.6 Å². The number of aliphatic hydroxyl groups excluding tert-OH is 2. The van der Waals surface area contributed by atoms with Crippen molar-refractivity contribution in [2.24, 2.45) is 22.7 Å². The summed E-state index contributed by atoms with van der Waals surface area (Å²) >= 11 is 0. The molecule has 0 aromatic heterocycles. The van der Waals surface area contributed by atoms with Gasteiger partial charge in [-0.15, -0.1) is 0 Å². The topological polar surface area (TPSA) is 158 Å². The first-order chi connectivity index (χ1) is 21.3. The second-order valence-electron chi connectivity index (χ2n) is 12.4. The van der Waals surface area contributed by atoms with E-state index < -0.39 is 77.6 Å². The molecule has 3 aliphatic rings. The van der Waals surface area contributed by atoms with Crippen LogP contribution in [0.1, 0.15) is 73.1 Å². The molecule has 1 aliphatic heterocycles. The Kier molecular flexibility index (Phi) is 12.5. The van der Waals surface area contributed by atoms with Gasteiger partial charge in [-0.1, -0.05) is 71.1 Å². The van der Waals surface area contributed by atoms with Crippen LogP contribution in [0.4, 0.5) is 0 Å². The van der Waals surface area contributed by atoms with E-state index >= 15 is 0 Å². The summed E-state index contributed by atoms with van der Waals surface area (Å²) in [5, 5.41) is 33.2. The fraction of sp³-hybridized carbons (Fsp3) is 0.618. The number of ether oxygens (including phenoxy) is 4. The summed E-state index contributed by atoms with van der Waals surface area (Å²) in [6.45, 7) is 15.7. The van der Waals surface area contributed by atoms with Crippen LogP contribution in [0.15, 0.2) is 60.8 Å². The molecule has 1 spiro atoms. The Morgan fingerprint density at radius 1 is 1.13 bits per heavy atom. The number of carbonyl (C=O) groups excluding carboxylic acids is 3. The molecular formula is C34H48O11. The van der Waals surface area contributed by atoms with Crippen LogP contribution in [0.2, 0.25) is 0 Å². The molecule has 3 N–H and O–H groups in total. The van der Waals surface area contributed by atoms with E-state index in [9.17, 15) is 29.9 Å². The van der Waals surface area contributed by atoms with Crippen LogP contribution in [0.25, 0.3) is 0 Å². The van der Waals surface area contributed by atoms with Crippen molar-refractivity contribution in [3.8, 4) is 0 Å². The van der Waals surface area contributed by atoms with Gasteiger partial charge in [-0.2, -0.15) is 0 Å². The maximum Gasteiger partial charge on any atom is 0.331 e. The van der Waals surface area contributed by atoms with Gasteiger partial charge in [0.25, 0.3) is 0 Å². The highest BCUT2D eigenvalue weighted by molar-refractivity contribution is 5.82. The van der Waals surface area contributed by atoms with E-state index in [-0.39, 0.29) is 18.4 Å². The number of carbonyl (C=O) groups is 3. The summed E-state index contributed by atoms with van der Waals surface area (Å²) in [6.07, 6.45) is 6.37. The van der Waals surface area contributed by atoms with Gasteiger partial charge in [0.05, 0.1) is 17.6 Å². The Morgan fingerprint density at radius 3 is 2.42 bits per heavy atom. The lowest BCUT2D eigenvalue weighted by atomic mass is 9.44. The highest BCUT2D eigenvalue weighted by atomic mass is 17.1. The molecular weight excluding hydrogens is 584 g/mol. The van der Waals surface area contributed by atoms with E-state index in [0.29, 0.717) is 5.57 Å². The van der Waals surface area contributed by atoms with Crippen molar-refractivity contribution in [3.05, 3.63) is 60.8 Å². The van der Waals surface area contributed by atoms with Gasteiger partial charge in [0.2, 0.25) is 12.6 Å². The predicted molar refractivity (Wildman–Crippen MR) is 164 cm³/mol. The van der Waals surface area contributed by atoms with Crippen LogP contribution in [0.5, 0.6) is 0 Å². The largest absolute Gasteiger partial charge is 0.455 e. The quantitative estimate of drug-likeness (QED) is 0.0356. The molecule has 0 amide bonds. The molecule has 0 radical (unpaired) electrons. The van der Waals surface area contributed by atoms with E-state index in [1.807, 2.05) is 13.0 Å². The Balaban J connectivity index is 2.12. The first kappa shape index (κ1) is 36.4. The van der Waals surface area contributed by atoms with E-state index in [1.54, 1.807) is 19.1 Å². The molecule has 0 bridgehead atoms. The lowest BCUT2D eigenvalue weighted by Gasteiger charge is -2.62. The lowest BCUT2D eigenvalue weighted by Crippen LogP contribution is -2.68. The molecule has 0 aromatic rings. The highest BCUT2D eigenvalue weighted by Gasteiger charge is 2.73. The summed E-state index contributed by atoms with van der Waals surface area (Å²) in [5.74, 6) is -3.42. The van der Waals surface area contributed by atoms with Crippen molar-refractivity contribution in [2.45, 2.75) is 110 Å². The number of aliphatic hydroxyl groups is 2.